The lowest BCUT2D eigenvalue weighted by Crippen LogP contribution is -1.95. The van der Waals surface area contributed by atoms with E-state index in [0.717, 1.165) is 77.2 Å². The third-order valence-corrected chi connectivity index (χ3v) is 25.4. The zero-order chi connectivity index (χ0) is 82.9. The summed E-state index contributed by atoms with van der Waals surface area (Å²) in [4.78, 5) is 23.3. The maximum absolute atomic E-state index is 4.95. The summed E-state index contributed by atoms with van der Waals surface area (Å²) < 4.78 is 14.0. The third-order valence-electron chi connectivity index (χ3n) is 25.4. The maximum Gasteiger partial charge on any atom is 0.146 e. The van der Waals surface area contributed by atoms with E-state index in [1.54, 1.807) is 0 Å². The van der Waals surface area contributed by atoms with Gasteiger partial charge in [0.05, 0.1) is 84.1 Å². The zero-order valence-electron chi connectivity index (χ0n) is 68.1. The van der Waals surface area contributed by atoms with Crippen molar-refractivity contribution < 1.29 is 0 Å². The quantitative estimate of drug-likeness (QED) is 0.144. The molecule has 0 aliphatic heterocycles. The fourth-order valence-corrected chi connectivity index (χ4v) is 19.8. The lowest BCUT2D eigenvalue weighted by Gasteiger charge is -2.09. The van der Waals surface area contributed by atoms with Crippen LogP contribution in [0, 0.1) is 0 Å². The first-order valence-corrected chi connectivity index (χ1v) is 42.6. The van der Waals surface area contributed by atoms with Crippen LogP contribution < -0.4 is 0 Å². The topological polar surface area (TPSA) is 94.0 Å². The number of hydrogen-bond acceptors (Lipinski definition) is 5. The van der Waals surface area contributed by atoms with E-state index in [9.17, 15) is 0 Å². The van der Waals surface area contributed by atoms with Crippen molar-refractivity contribution in [2.45, 2.75) is 0 Å². The van der Waals surface area contributed by atoms with Crippen molar-refractivity contribution in [1.82, 2.24) is 52.3 Å². The average Bonchev–Trinajstić information content (AvgIpc) is 1.58. The van der Waals surface area contributed by atoms with Crippen LogP contribution in [0.5, 0.6) is 0 Å². The van der Waals surface area contributed by atoms with Gasteiger partial charge in [-0.25, -0.2) is 4.98 Å². The van der Waals surface area contributed by atoms with Crippen molar-refractivity contribution >= 4 is 164 Å². The van der Waals surface area contributed by atoms with Gasteiger partial charge in [0, 0.05) is 146 Å². The first-order chi connectivity index (χ1) is 62.5. The van der Waals surface area contributed by atoms with Gasteiger partial charge in [-0.1, -0.05) is 212 Å². The molecule has 0 unspecified atom stereocenters. The molecule has 0 aliphatic carbocycles. The highest BCUT2D eigenvalue weighted by molar-refractivity contribution is 6.24. The Morgan fingerprint density at radius 2 is 0.500 bits per heavy atom. The van der Waals surface area contributed by atoms with E-state index in [1.165, 1.54) is 154 Å². The summed E-state index contributed by atoms with van der Waals surface area (Å²) in [6.07, 6.45) is 13.3. The van der Waals surface area contributed by atoms with Crippen molar-refractivity contribution in [2.24, 2.45) is 0 Å². The van der Waals surface area contributed by atoms with Gasteiger partial charge in [0.1, 0.15) is 5.65 Å². The van der Waals surface area contributed by atoms with Crippen molar-refractivity contribution in [3.8, 4) is 67.5 Å². The molecule has 11 heteroatoms. The second-order valence-corrected chi connectivity index (χ2v) is 32.3. The number of para-hydroxylation sites is 9. The van der Waals surface area contributed by atoms with Gasteiger partial charge in [0.25, 0.3) is 0 Å². The summed E-state index contributed by atoms with van der Waals surface area (Å²) >= 11 is 0. The molecule has 27 aromatic rings. The molecule has 0 spiro atoms. The SMILES string of the molecule is c1ccc(-n2c3ccccc3c3cc(-c4ccc5c(c4)c4c6ccncc6cnc4n5-c4ccccc4)ccc32)cc1.c1ccc(-n2c3ccccc3c3cc(-c4ccc5c(c4)c4c6ccncc6ncc4n5-c4ccccc4)ccc32)cc1.c1ccc(-n2c3ccccc3c3cc(-c4ccc5c(c4)c4c6ncccc6ccc4n5-c4ccccc4)ccc32)cc1. The molecule has 126 heavy (non-hydrogen) atoms. The minimum atomic E-state index is 0.901. The zero-order valence-corrected chi connectivity index (χ0v) is 68.1. The van der Waals surface area contributed by atoms with Crippen molar-refractivity contribution in [3.63, 3.8) is 0 Å². The van der Waals surface area contributed by atoms with E-state index in [0.29, 0.717) is 0 Å². The predicted octanol–water partition coefficient (Wildman–Crippen LogP) is 29.1. The average molecular weight is 1610 g/mol. The van der Waals surface area contributed by atoms with Gasteiger partial charge < -0.3 is 22.8 Å². The molecule has 0 bridgehead atoms. The maximum atomic E-state index is 4.95. The number of benzene rings is 16. The number of aromatic nitrogens is 11. The van der Waals surface area contributed by atoms with Crippen LogP contribution >= 0.6 is 0 Å². The minimum Gasteiger partial charge on any atom is -0.309 e. The Labute approximate surface area is 722 Å². The van der Waals surface area contributed by atoms with E-state index in [4.69, 9.17) is 15.0 Å². The van der Waals surface area contributed by atoms with E-state index >= 15 is 0 Å². The summed E-state index contributed by atoms with van der Waals surface area (Å²) in [6.45, 7) is 0. The molecule has 0 fully saturated rings. The second-order valence-electron chi connectivity index (χ2n) is 32.3. The van der Waals surface area contributed by atoms with Crippen LogP contribution in [-0.4, -0.2) is 52.3 Å². The molecule has 0 saturated heterocycles. The number of fused-ring (bicyclic) bond motifs is 24. The van der Waals surface area contributed by atoms with E-state index in [-0.39, 0.29) is 0 Å². The van der Waals surface area contributed by atoms with Gasteiger partial charge in [-0.15, -0.1) is 0 Å². The van der Waals surface area contributed by atoms with Crippen LogP contribution in [0.1, 0.15) is 0 Å². The summed E-state index contributed by atoms with van der Waals surface area (Å²) in [5, 5.41) is 19.1. The smallest absolute Gasteiger partial charge is 0.146 e. The van der Waals surface area contributed by atoms with Gasteiger partial charge >= 0.3 is 0 Å². The fourth-order valence-electron chi connectivity index (χ4n) is 19.8. The fraction of sp³-hybridized carbons (Fsp3) is 0. The largest absolute Gasteiger partial charge is 0.309 e. The Morgan fingerprint density at radius 3 is 0.944 bits per heavy atom. The van der Waals surface area contributed by atoms with Crippen molar-refractivity contribution in [1.29, 1.82) is 0 Å². The molecule has 27 rings (SSSR count). The molecule has 0 atom stereocenters. The lowest BCUT2D eigenvalue weighted by atomic mass is 10.00. The van der Waals surface area contributed by atoms with Gasteiger partial charge in [0.2, 0.25) is 0 Å². The molecular formula is C115H73N11. The summed E-state index contributed by atoms with van der Waals surface area (Å²) in [6, 6.07) is 143. The number of nitrogens with zero attached hydrogens (tertiary/aromatic N) is 11. The standard InChI is InChI=1S/C39H25N3.2C38H24N4/c1-3-11-29(12-4-1)41-34-16-8-7-15-31(34)32-24-27(18-20-35(32)41)28-19-21-36-33(25-28)38-37(42(36)30-13-5-2-6-14-30)22-17-26-10-9-23-40-39(26)38;1-3-9-28(10-4-1)41-34-14-8-7-13-31(34)32-21-25(15-17-35(32)41)26-16-18-36-33(22-26)37-30-19-20-39-23-27(30)24-40-38(37)42(36)29-11-5-2-6-12-29;1-3-9-27(10-4-1)41-34-14-8-7-13-29(34)31-21-25(15-17-35(31)41)26-16-18-36-32(22-26)38-30-19-20-39-23-33(30)40-24-37(38)42(36)28-11-5-2-6-12-28/h1-25H;2*1-24H. The van der Waals surface area contributed by atoms with Crippen molar-refractivity contribution in [2.75, 3.05) is 0 Å². The molecular weight excluding hydrogens is 1540 g/mol. The normalized spacial score (nSPS) is 11.8. The molecule has 11 nitrogen and oxygen atoms in total. The summed E-state index contributed by atoms with van der Waals surface area (Å²) in [7, 11) is 0. The molecule has 11 heterocycles. The highest BCUT2D eigenvalue weighted by atomic mass is 15.1. The minimum absolute atomic E-state index is 0.901. The summed E-state index contributed by atoms with van der Waals surface area (Å²) in [5.74, 6) is 0. The highest BCUT2D eigenvalue weighted by Gasteiger charge is 2.24. The molecule has 11 aromatic heterocycles. The van der Waals surface area contributed by atoms with Gasteiger partial charge in [-0.2, -0.15) is 0 Å². The van der Waals surface area contributed by atoms with E-state index < -0.39 is 0 Å². The molecule has 0 saturated carbocycles. The number of hydrogen-bond donors (Lipinski definition) is 0. The highest BCUT2D eigenvalue weighted by Crippen LogP contribution is 2.46. The Morgan fingerprint density at radius 1 is 0.167 bits per heavy atom. The third kappa shape index (κ3) is 11.6. The van der Waals surface area contributed by atoms with E-state index in [2.05, 4.69) is 432 Å². The number of rotatable bonds is 9. The Hall–Kier alpha value is -17.2. The van der Waals surface area contributed by atoms with Gasteiger partial charge in [-0.3, -0.25) is 24.5 Å². The molecule has 0 N–H and O–H groups in total. The van der Waals surface area contributed by atoms with Crippen LogP contribution in [0.3, 0.4) is 0 Å². The monoisotopic (exact) mass is 1610 g/mol. The van der Waals surface area contributed by atoms with Crippen LogP contribution in [0.15, 0.2) is 444 Å². The second kappa shape index (κ2) is 29.3. The Balaban J connectivity index is 0.000000103. The molecule has 0 radical (unpaired) electrons. The Bertz CT molecular complexity index is 8190. The van der Waals surface area contributed by atoms with Gasteiger partial charge in [0.15, 0.2) is 0 Å². The first kappa shape index (κ1) is 71.7. The molecule has 0 aliphatic rings. The summed E-state index contributed by atoms with van der Waals surface area (Å²) in [5.41, 5.74) is 29.9. The first-order valence-electron chi connectivity index (χ1n) is 42.6. The lowest BCUT2D eigenvalue weighted by molar-refractivity contribution is 1.14. The predicted molar refractivity (Wildman–Crippen MR) is 523 cm³/mol. The van der Waals surface area contributed by atoms with Crippen LogP contribution in [-0.2, 0) is 0 Å². The molecule has 588 valence electrons. The van der Waals surface area contributed by atoms with Crippen LogP contribution in [0.2, 0.25) is 0 Å². The number of pyridine rings is 5. The van der Waals surface area contributed by atoms with Gasteiger partial charge in [-0.05, 0) is 227 Å². The Kier molecular flexibility index (Phi) is 16.7. The van der Waals surface area contributed by atoms with Crippen LogP contribution in [0.4, 0.5) is 0 Å². The molecule has 16 aromatic carbocycles. The molecule has 0 amide bonds. The van der Waals surface area contributed by atoms with Crippen LogP contribution in [0.25, 0.3) is 231 Å². The van der Waals surface area contributed by atoms with Crippen molar-refractivity contribution in [3.05, 3.63) is 444 Å². The van der Waals surface area contributed by atoms with E-state index in [1.807, 2.05) is 49.4 Å².